The van der Waals surface area contributed by atoms with Crippen molar-refractivity contribution in [2.75, 3.05) is 13.1 Å². The Hall–Kier alpha value is -5.29. The molecule has 2 aliphatic rings. The van der Waals surface area contributed by atoms with E-state index in [1.165, 1.54) is 112 Å². The van der Waals surface area contributed by atoms with Gasteiger partial charge in [-0.2, -0.15) is 5.26 Å². The van der Waals surface area contributed by atoms with E-state index in [1.54, 1.807) is 45.3 Å². The molecule has 5 nitrogen and oxygen atoms in total. The molecule has 0 spiro atoms. The number of carbonyl (C=O) groups excluding carboxylic acids is 2. The normalized spacial score (nSPS) is 14.2. The average Bonchev–Trinajstić information content (AvgIpc) is 4.53. The van der Waals surface area contributed by atoms with Crippen LogP contribution in [-0.2, 0) is 9.59 Å². The van der Waals surface area contributed by atoms with Crippen LogP contribution in [0.1, 0.15) is 203 Å². The predicted molar refractivity (Wildman–Crippen MR) is 337 cm³/mol. The molecular weight excluding hydrogens is 1030 g/mol. The van der Waals surface area contributed by atoms with Gasteiger partial charge in [-0.1, -0.05) is 186 Å². The number of amides is 2. The van der Waals surface area contributed by atoms with Crippen molar-refractivity contribution in [2.45, 2.75) is 182 Å². The van der Waals surface area contributed by atoms with Crippen LogP contribution in [-0.4, -0.2) is 34.7 Å². The second-order valence-electron chi connectivity index (χ2n) is 21.9. The Kier molecular flexibility index (Phi) is 22.9. The molecule has 6 aromatic rings. The summed E-state index contributed by atoms with van der Waals surface area (Å²) >= 11 is 6.92. The fourth-order valence-electron chi connectivity index (χ4n) is 11.5. The second-order valence-corrected chi connectivity index (χ2v) is 26.2. The molecule has 0 saturated heterocycles. The molecule has 2 aromatic carbocycles. The molecule has 0 bridgehead atoms. The van der Waals surface area contributed by atoms with Crippen molar-refractivity contribution in [2.24, 2.45) is 11.8 Å². The number of hydrogen-bond acceptors (Lipinski definition) is 7. The third-order valence-corrected chi connectivity index (χ3v) is 20.8. The van der Waals surface area contributed by atoms with Gasteiger partial charge in [0.1, 0.15) is 0 Å². The maximum atomic E-state index is 16.0. The quantitative estimate of drug-likeness (QED) is 0.0299. The highest BCUT2D eigenvalue weighted by atomic mass is 32.1. The molecule has 9 heteroatoms. The van der Waals surface area contributed by atoms with E-state index < -0.39 is 0 Å². The Morgan fingerprint density at radius 2 is 0.692 bits per heavy atom. The summed E-state index contributed by atoms with van der Waals surface area (Å²) in [6.45, 7) is 10.3. The van der Waals surface area contributed by atoms with Gasteiger partial charge in [-0.25, -0.2) is 0 Å². The SMILES string of the molecule is C#Cc1ccc(-c2ccc(-c3ccc(C4=C5C(=O)N(CC(CCCCCC)CCCCCCCC)C(c6ccc(-c7ccc(-c8ccc(C#N)cc8)s7)s6)=C5C(=O)N4CC(CCCCCC)CCCCCCCC)s3)s2)cc1. The Morgan fingerprint density at radius 3 is 1.04 bits per heavy atom. The zero-order valence-electron chi connectivity index (χ0n) is 47.1. The van der Waals surface area contributed by atoms with E-state index in [0.717, 1.165) is 109 Å². The Labute approximate surface area is 484 Å². The number of unbranched alkanes of at least 4 members (excludes halogenated alkanes) is 16. The summed E-state index contributed by atoms with van der Waals surface area (Å²) in [5, 5.41) is 9.45. The van der Waals surface area contributed by atoms with Crippen molar-refractivity contribution >= 4 is 68.6 Å². The Bertz CT molecular complexity index is 2810. The van der Waals surface area contributed by atoms with Crippen molar-refractivity contribution in [3.05, 3.63) is 129 Å². The lowest BCUT2D eigenvalue weighted by Crippen LogP contribution is -2.34. The van der Waals surface area contributed by atoms with Crippen molar-refractivity contribution in [1.29, 1.82) is 5.26 Å². The van der Waals surface area contributed by atoms with E-state index in [4.69, 9.17) is 6.42 Å². The average molecular weight is 1110 g/mol. The molecular formula is C69H83N3O2S4. The molecule has 2 atom stereocenters. The highest BCUT2D eigenvalue weighted by Crippen LogP contribution is 2.52. The van der Waals surface area contributed by atoms with E-state index in [2.05, 4.69) is 110 Å². The minimum Gasteiger partial charge on any atom is -0.306 e. The van der Waals surface area contributed by atoms with Crippen LogP contribution in [0.25, 0.3) is 51.8 Å². The zero-order valence-corrected chi connectivity index (χ0v) is 50.4. The highest BCUT2D eigenvalue weighted by molar-refractivity contribution is 7.25. The van der Waals surface area contributed by atoms with Crippen LogP contribution < -0.4 is 0 Å². The van der Waals surface area contributed by atoms with Gasteiger partial charge in [-0.3, -0.25) is 9.59 Å². The summed E-state index contributed by atoms with van der Waals surface area (Å²) in [5.74, 6) is 3.39. The number of benzene rings is 2. The Morgan fingerprint density at radius 1 is 0.397 bits per heavy atom. The lowest BCUT2D eigenvalue weighted by molar-refractivity contribution is -0.124. The second kappa shape index (κ2) is 30.3. The number of thiophene rings is 4. The molecule has 2 amide bonds. The maximum Gasteiger partial charge on any atom is 0.261 e. The van der Waals surface area contributed by atoms with Gasteiger partial charge in [0.2, 0.25) is 0 Å². The van der Waals surface area contributed by atoms with E-state index in [9.17, 15) is 5.26 Å². The molecule has 2 unspecified atom stereocenters. The topological polar surface area (TPSA) is 64.4 Å². The minimum absolute atomic E-state index is 0.0132. The predicted octanol–water partition coefficient (Wildman–Crippen LogP) is 20.9. The number of terminal acetylenes is 1. The first-order chi connectivity index (χ1) is 38.3. The number of hydrogen-bond donors (Lipinski definition) is 0. The van der Waals surface area contributed by atoms with Crippen molar-refractivity contribution < 1.29 is 9.59 Å². The van der Waals surface area contributed by atoms with Crippen LogP contribution in [0.4, 0.5) is 0 Å². The first-order valence-corrected chi connectivity index (χ1v) is 33.2. The first kappa shape index (κ1) is 58.8. The molecule has 0 N–H and O–H groups in total. The third-order valence-electron chi connectivity index (χ3n) is 15.9. The number of fused-ring (bicyclic) bond motifs is 1. The van der Waals surface area contributed by atoms with Gasteiger partial charge in [0.15, 0.2) is 0 Å². The molecule has 78 heavy (non-hydrogen) atoms. The van der Waals surface area contributed by atoms with Crippen LogP contribution in [0.15, 0.2) is 108 Å². The van der Waals surface area contributed by atoms with E-state index >= 15 is 9.59 Å². The fourth-order valence-corrected chi connectivity index (χ4v) is 15.8. The van der Waals surface area contributed by atoms with Gasteiger partial charge >= 0.3 is 0 Å². The minimum atomic E-state index is -0.0132. The number of nitrogens with zero attached hydrogens (tertiary/aromatic N) is 3. The van der Waals surface area contributed by atoms with Crippen LogP contribution in [0, 0.1) is 35.5 Å². The van der Waals surface area contributed by atoms with Crippen LogP contribution in [0.2, 0.25) is 0 Å². The van der Waals surface area contributed by atoms with Crippen LogP contribution >= 0.6 is 45.3 Å². The molecule has 0 aliphatic carbocycles. The molecule has 8 rings (SSSR count). The zero-order chi connectivity index (χ0) is 54.6. The first-order valence-electron chi connectivity index (χ1n) is 29.9. The summed E-state index contributed by atoms with van der Waals surface area (Å²) in [6.07, 6.45) is 34.5. The number of carbonyl (C=O) groups is 2. The van der Waals surface area contributed by atoms with E-state index in [1.807, 2.05) is 36.4 Å². The highest BCUT2D eigenvalue weighted by Gasteiger charge is 2.50. The molecule has 410 valence electrons. The van der Waals surface area contributed by atoms with E-state index in [-0.39, 0.29) is 11.8 Å². The van der Waals surface area contributed by atoms with Crippen molar-refractivity contribution in [3.63, 3.8) is 0 Å². The number of nitriles is 1. The van der Waals surface area contributed by atoms with Gasteiger partial charge in [0.05, 0.1) is 43.9 Å². The summed E-state index contributed by atoms with van der Waals surface area (Å²) in [7, 11) is 0. The summed E-state index contributed by atoms with van der Waals surface area (Å²) in [4.78, 5) is 45.1. The molecule has 6 heterocycles. The largest absolute Gasteiger partial charge is 0.306 e. The third kappa shape index (κ3) is 15.1. The lowest BCUT2D eigenvalue weighted by atomic mass is 9.93. The summed E-state index contributed by atoms with van der Waals surface area (Å²) in [6, 6.07) is 35.8. The molecule has 2 aliphatic heterocycles. The smallest absolute Gasteiger partial charge is 0.261 e. The molecule has 0 radical (unpaired) electrons. The van der Waals surface area contributed by atoms with Gasteiger partial charge in [0, 0.05) is 47.9 Å². The van der Waals surface area contributed by atoms with Gasteiger partial charge in [-0.15, -0.1) is 51.8 Å². The molecule has 0 saturated carbocycles. The molecule has 0 fully saturated rings. The summed E-state index contributed by atoms with van der Waals surface area (Å²) in [5.41, 5.74) is 6.57. The Balaban J connectivity index is 1.21. The fraction of sp³-hybridized carbons (Fsp3) is 0.464. The van der Waals surface area contributed by atoms with Crippen LogP contribution in [0.5, 0.6) is 0 Å². The summed E-state index contributed by atoms with van der Waals surface area (Å²) < 4.78 is 0. The molecule has 4 aromatic heterocycles. The standard InChI is InChI=1S/C69H83N3O2S4/c1-6-11-15-19-21-25-29-52(27-23-17-13-8-3)48-71-66(62-45-43-60(77-62)58-41-39-56(75-58)54-35-31-50(10-5)32-36-54)64-65(69(71)74)67(72(68(64)73)49-53(28-24-18-14-9-4)30-26-22-20-16-12-7-2)63-46-44-61(78-63)59-42-40-57(76-59)55-37-33-51(47-70)34-38-55/h5,31-46,52-53H,6-9,11-30,48-49H2,1-4H3. The van der Waals surface area contributed by atoms with Crippen LogP contribution in [0.3, 0.4) is 0 Å². The van der Waals surface area contributed by atoms with Gasteiger partial charge < -0.3 is 9.80 Å². The number of rotatable bonds is 34. The van der Waals surface area contributed by atoms with Crippen molar-refractivity contribution in [3.8, 4) is 58.8 Å². The monoisotopic (exact) mass is 1110 g/mol. The van der Waals surface area contributed by atoms with Gasteiger partial charge in [0.25, 0.3) is 11.8 Å². The lowest BCUT2D eigenvalue weighted by Gasteiger charge is -2.29. The maximum absolute atomic E-state index is 16.0. The van der Waals surface area contributed by atoms with Gasteiger partial charge in [-0.05, 0) is 121 Å². The van der Waals surface area contributed by atoms with Crippen molar-refractivity contribution in [1.82, 2.24) is 9.80 Å². The van der Waals surface area contributed by atoms with E-state index in [0.29, 0.717) is 41.6 Å².